The number of nitrogens with zero attached hydrogens (tertiary/aromatic N) is 6. The smallest absolute Gasteiger partial charge is 0.188 e. The minimum atomic E-state index is -3.48. The molecule has 0 atom stereocenters. The molecular formula is C42H22N6O2S. The number of aromatic nitrogens is 2. The van der Waals surface area contributed by atoms with Gasteiger partial charge in [0.05, 0.1) is 64.9 Å². The van der Waals surface area contributed by atoms with Crippen LogP contribution in [0, 0.1) is 31.0 Å². The average molecular weight is 675 g/mol. The highest BCUT2D eigenvalue weighted by Gasteiger charge is 2.26. The first-order valence-corrected chi connectivity index (χ1v) is 17.8. The highest BCUT2D eigenvalue weighted by Crippen LogP contribution is 2.42. The van der Waals surface area contributed by atoms with E-state index in [2.05, 4.69) is 29.7 Å². The van der Waals surface area contributed by atoms with Crippen LogP contribution >= 0.6 is 0 Å². The summed E-state index contributed by atoms with van der Waals surface area (Å²) in [5.74, 6) is -0.206. The maximum Gasteiger partial charge on any atom is 0.188 e. The van der Waals surface area contributed by atoms with Crippen molar-refractivity contribution in [1.29, 1.82) is 5.26 Å². The molecule has 51 heavy (non-hydrogen) atoms. The molecule has 8 aromatic rings. The Hall–Kier alpha value is -7.17. The van der Waals surface area contributed by atoms with Crippen LogP contribution in [0.15, 0.2) is 109 Å². The summed E-state index contributed by atoms with van der Waals surface area (Å²) >= 11 is 0. The van der Waals surface area contributed by atoms with Gasteiger partial charge in [-0.2, -0.15) is 5.26 Å². The molecule has 0 fully saturated rings. The number of sulfone groups is 1. The second kappa shape index (κ2) is 10.9. The second-order valence-corrected chi connectivity index (χ2v) is 14.7. The predicted octanol–water partition coefficient (Wildman–Crippen LogP) is 10.5. The molecule has 1 aliphatic rings. The molecule has 0 saturated carbocycles. The molecule has 0 saturated heterocycles. The highest BCUT2D eigenvalue weighted by molar-refractivity contribution is 7.89. The van der Waals surface area contributed by atoms with E-state index < -0.39 is 9.84 Å². The number of hydrogen-bond donors (Lipinski definition) is 0. The van der Waals surface area contributed by atoms with Crippen molar-refractivity contribution < 1.29 is 8.42 Å². The van der Waals surface area contributed by atoms with E-state index in [1.807, 2.05) is 84.9 Å². The van der Waals surface area contributed by atoms with Crippen LogP contribution in [0.4, 0.5) is 17.1 Å². The Kier molecular flexibility index (Phi) is 6.41. The quantitative estimate of drug-likeness (QED) is 0.171. The maximum atomic E-state index is 13.5. The Morgan fingerprint density at radius 2 is 0.922 bits per heavy atom. The third kappa shape index (κ3) is 4.58. The zero-order chi connectivity index (χ0) is 35.0. The molecule has 0 spiro atoms. The number of nitriles is 1. The van der Waals surface area contributed by atoms with Crippen LogP contribution in [0.2, 0.25) is 0 Å². The average Bonchev–Trinajstić information content (AvgIpc) is 3.61. The van der Waals surface area contributed by atoms with Gasteiger partial charge in [-0.05, 0) is 117 Å². The van der Waals surface area contributed by atoms with Crippen molar-refractivity contribution in [3.05, 3.63) is 160 Å². The van der Waals surface area contributed by atoms with Gasteiger partial charge in [0.15, 0.2) is 26.9 Å². The summed E-state index contributed by atoms with van der Waals surface area (Å²) in [6, 6.07) is 36.1. The van der Waals surface area contributed by atoms with E-state index in [0.717, 1.165) is 66.1 Å². The van der Waals surface area contributed by atoms with Crippen LogP contribution in [0.3, 0.4) is 0 Å². The van der Waals surface area contributed by atoms with E-state index >= 15 is 0 Å². The van der Waals surface area contributed by atoms with Gasteiger partial charge >= 0.3 is 0 Å². The first-order valence-electron chi connectivity index (χ1n) is 16.0. The molecule has 9 heteroatoms. The van der Waals surface area contributed by atoms with Gasteiger partial charge in [-0.25, -0.2) is 23.0 Å². The van der Waals surface area contributed by atoms with Crippen LogP contribution in [0.5, 0.6) is 0 Å². The van der Waals surface area contributed by atoms with E-state index in [1.54, 1.807) is 24.3 Å². The lowest BCUT2D eigenvalue weighted by Gasteiger charge is -2.16. The predicted molar refractivity (Wildman–Crippen MR) is 200 cm³/mol. The monoisotopic (exact) mass is 674 g/mol. The fourth-order valence-corrected chi connectivity index (χ4v) is 9.08. The number of hydrogen-bond acceptors (Lipinski definition) is 3. The Bertz CT molecular complexity index is 2810. The zero-order valence-electron chi connectivity index (χ0n) is 26.7. The van der Waals surface area contributed by atoms with Gasteiger partial charge in [0.2, 0.25) is 0 Å². The largest absolute Gasteiger partial charge is 0.309 e. The Morgan fingerprint density at radius 3 is 1.31 bits per heavy atom. The molecule has 1 aliphatic heterocycles. The molecule has 0 unspecified atom stereocenters. The third-order valence-electron chi connectivity index (χ3n) is 9.74. The van der Waals surface area contributed by atoms with Gasteiger partial charge in [-0.1, -0.05) is 30.3 Å². The van der Waals surface area contributed by atoms with Gasteiger partial charge in [0.1, 0.15) is 0 Å². The normalized spacial score (nSPS) is 13.2. The van der Waals surface area contributed by atoms with Crippen molar-refractivity contribution in [1.82, 2.24) is 9.13 Å². The SMILES string of the molecule is [C-]#[N+]c1ccc2c(c1)c1cc(C#N)ccc1n2-c1ccc2c(c1)-c1cc(-n3c4ccc([N+]#[C-])cc4c4cc([N+]#[C-])ccc43)ccc1CS(=O)(=O)C2. The summed E-state index contributed by atoms with van der Waals surface area (Å²) in [6.45, 7) is 22.8. The topological polar surface area (TPSA) is 80.9 Å². The Morgan fingerprint density at radius 1 is 0.529 bits per heavy atom. The first kappa shape index (κ1) is 29.9. The number of rotatable bonds is 2. The minimum Gasteiger partial charge on any atom is -0.309 e. The first-order chi connectivity index (χ1) is 24.8. The molecule has 0 radical (unpaired) electrons. The minimum absolute atomic E-state index is 0.103. The highest BCUT2D eigenvalue weighted by atomic mass is 32.2. The molecule has 6 aromatic carbocycles. The number of fused-ring (bicyclic) bond motifs is 9. The third-order valence-corrected chi connectivity index (χ3v) is 11.2. The molecule has 0 amide bonds. The van der Waals surface area contributed by atoms with Gasteiger partial charge in [0, 0.05) is 16.8 Å². The summed E-state index contributed by atoms with van der Waals surface area (Å²) in [6.07, 6.45) is 0. The van der Waals surface area contributed by atoms with Crippen molar-refractivity contribution in [2.75, 3.05) is 0 Å². The van der Waals surface area contributed by atoms with Crippen molar-refractivity contribution in [2.45, 2.75) is 11.5 Å². The summed E-state index contributed by atoms with van der Waals surface area (Å²) in [7, 11) is -3.48. The van der Waals surface area contributed by atoms with Gasteiger partial charge in [-0.3, -0.25) is 0 Å². The van der Waals surface area contributed by atoms with Crippen LogP contribution in [0.25, 0.3) is 80.6 Å². The molecule has 0 bridgehead atoms. The lowest BCUT2D eigenvalue weighted by molar-refractivity contribution is 0.595. The molecule has 0 N–H and O–H groups in total. The lowest BCUT2D eigenvalue weighted by atomic mass is 9.95. The van der Waals surface area contributed by atoms with E-state index in [1.165, 1.54) is 0 Å². The summed E-state index contributed by atoms with van der Waals surface area (Å²) in [5, 5.41) is 13.1. The lowest BCUT2D eigenvalue weighted by Crippen LogP contribution is -2.05. The summed E-state index contributed by atoms with van der Waals surface area (Å²) in [5.41, 5.74) is 10.1. The van der Waals surface area contributed by atoms with Crippen LogP contribution in [-0.4, -0.2) is 17.6 Å². The molecule has 8 nitrogen and oxygen atoms in total. The van der Waals surface area contributed by atoms with Gasteiger partial charge in [0.25, 0.3) is 0 Å². The summed E-state index contributed by atoms with van der Waals surface area (Å²) in [4.78, 5) is 10.9. The maximum absolute atomic E-state index is 13.5. The molecular weight excluding hydrogens is 653 g/mol. The fraction of sp³-hybridized carbons (Fsp3) is 0.0476. The zero-order valence-corrected chi connectivity index (χ0v) is 27.5. The molecule has 9 rings (SSSR count). The van der Waals surface area contributed by atoms with E-state index in [4.69, 9.17) is 19.7 Å². The van der Waals surface area contributed by atoms with Crippen molar-refractivity contribution >= 4 is 70.5 Å². The van der Waals surface area contributed by atoms with Crippen molar-refractivity contribution in [3.8, 4) is 28.6 Å². The molecule has 0 aliphatic carbocycles. The molecule has 238 valence electrons. The van der Waals surface area contributed by atoms with Crippen LogP contribution in [-0.2, 0) is 21.3 Å². The number of benzene rings is 6. The Labute approximate surface area is 292 Å². The second-order valence-electron chi connectivity index (χ2n) is 12.7. The van der Waals surface area contributed by atoms with E-state index in [0.29, 0.717) is 33.8 Å². The van der Waals surface area contributed by atoms with Gasteiger partial charge in [-0.15, -0.1) is 0 Å². The summed E-state index contributed by atoms with van der Waals surface area (Å²) < 4.78 is 31.1. The van der Waals surface area contributed by atoms with Gasteiger partial charge < -0.3 is 9.13 Å². The standard InChI is InChI=1S/C42H22N6O2S/c1-44-28-7-13-40-36(17-28)35-16-25(22-43)4-12-39(35)47(40)31-10-5-26-23-51(49,50)24-27-6-11-32(21-34(27)33(26)20-31)48-41-14-8-29(45-2)18-37(41)38-19-30(46-3)9-15-42(38)48/h4-21H,23-24H2. The van der Waals surface area contributed by atoms with Crippen LogP contribution in [0.1, 0.15) is 16.7 Å². The fourth-order valence-electron chi connectivity index (χ4n) is 7.53. The molecule has 2 aromatic heterocycles. The van der Waals surface area contributed by atoms with E-state index in [-0.39, 0.29) is 11.5 Å². The molecule has 3 heterocycles. The van der Waals surface area contributed by atoms with Crippen molar-refractivity contribution in [2.24, 2.45) is 0 Å². The Balaban J connectivity index is 1.31. The van der Waals surface area contributed by atoms with E-state index in [9.17, 15) is 13.7 Å². The van der Waals surface area contributed by atoms with Crippen LogP contribution < -0.4 is 0 Å². The van der Waals surface area contributed by atoms with Crippen molar-refractivity contribution in [3.63, 3.8) is 0 Å².